The van der Waals surface area contributed by atoms with Gasteiger partial charge in [-0.25, -0.2) is 14.8 Å². The van der Waals surface area contributed by atoms with Crippen LogP contribution in [-0.4, -0.2) is 33.6 Å². The number of rotatable bonds is 2. The molecular formula is C11H15N3O2. The number of hydrogen-bond donors (Lipinski definition) is 1. The molecule has 5 heteroatoms. The van der Waals surface area contributed by atoms with E-state index in [0.717, 1.165) is 24.4 Å². The first-order chi connectivity index (χ1) is 7.58. The Labute approximate surface area is 94.1 Å². The molecule has 1 unspecified atom stereocenters. The van der Waals surface area contributed by atoms with E-state index in [9.17, 15) is 4.79 Å². The van der Waals surface area contributed by atoms with Gasteiger partial charge in [0.25, 0.3) is 0 Å². The average Bonchev–Trinajstić information content (AvgIpc) is 2.63. The van der Waals surface area contributed by atoms with Crippen LogP contribution in [0.4, 0.5) is 5.95 Å². The Morgan fingerprint density at radius 2 is 2.06 bits per heavy atom. The van der Waals surface area contributed by atoms with E-state index in [2.05, 4.69) is 9.97 Å². The van der Waals surface area contributed by atoms with Crippen LogP contribution in [0, 0.1) is 13.8 Å². The average molecular weight is 221 g/mol. The van der Waals surface area contributed by atoms with Gasteiger partial charge >= 0.3 is 5.97 Å². The van der Waals surface area contributed by atoms with E-state index in [-0.39, 0.29) is 0 Å². The van der Waals surface area contributed by atoms with Crippen LogP contribution >= 0.6 is 0 Å². The lowest BCUT2D eigenvalue weighted by atomic mass is 10.2. The second-order valence-corrected chi connectivity index (χ2v) is 4.14. The summed E-state index contributed by atoms with van der Waals surface area (Å²) in [5.41, 5.74) is 1.75. The van der Waals surface area contributed by atoms with Crippen LogP contribution < -0.4 is 4.90 Å². The summed E-state index contributed by atoms with van der Waals surface area (Å²) in [6.07, 6.45) is 1.55. The number of hydrogen-bond acceptors (Lipinski definition) is 4. The van der Waals surface area contributed by atoms with Gasteiger partial charge in [0.1, 0.15) is 6.04 Å². The third-order valence-corrected chi connectivity index (χ3v) is 2.77. The van der Waals surface area contributed by atoms with E-state index < -0.39 is 12.0 Å². The molecule has 0 bridgehead atoms. The second-order valence-electron chi connectivity index (χ2n) is 4.14. The first kappa shape index (κ1) is 10.9. The first-order valence-corrected chi connectivity index (χ1v) is 5.39. The third-order valence-electron chi connectivity index (χ3n) is 2.77. The summed E-state index contributed by atoms with van der Waals surface area (Å²) >= 11 is 0. The number of carboxylic acids is 1. The van der Waals surface area contributed by atoms with E-state index >= 15 is 0 Å². The first-order valence-electron chi connectivity index (χ1n) is 5.39. The predicted molar refractivity (Wildman–Crippen MR) is 59.5 cm³/mol. The SMILES string of the molecule is Cc1cc(C)nc(N2CCCC2C(=O)O)n1. The lowest BCUT2D eigenvalue weighted by molar-refractivity contribution is -0.138. The molecular weight excluding hydrogens is 206 g/mol. The smallest absolute Gasteiger partial charge is 0.326 e. The van der Waals surface area contributed by atoms with Crippen LogP contribution in [0.2, 0.25) is 0 Å². The van der Waals surface area contributed by atoms with Crippen molar-refractivity contribution in [2.75, 3.05) is 11.4 Å². The van der Waals surface area contributed by atoms with Crippen LogP contribution in [0.15, 0.2) is 6.07 Å². The molecule has 1 fully saturated rings. The zero-order valence-corrected chi connectivity index (χ0v) is 9.47. The molecule has 0 radical (unpaired) electrons. The highest BCUT2D eigenvalue weighted by Crippen LogP contribution is 2.22. The van der Waals surface area contributed by atoms with Crippen molar-refractivity contribution in [1.29, 1.82) is 0 Å². The Morgan fingerprint density at radius 1 is 1.44 bits per heavy atom. The molecule has 86 valence electrons. The molecule has 5 nitrogen and oxygen atoms in total. The molecule has 16 heavy (non-hydrogen) atoms. The van der Waals surface area contributed by atoms with Crippen molar-refractivity contribution in [1.82, 2.24) is 9.97 Å². The lowest BCUT2D eigenvalue weighted by Gasteiger charge is -2.21. The van der Waals surface area contributed by atoms with E-state index in [1.54, 1.807) is 4.90 Å². The molecule has 0 amide bonds. The van der Waals surface area contributed by atoms with Crippen LogP contribution in [0.5, 0.6) is 0 Å². The monoisotopic (exact) mass is 221 g/mol. The number of aryl methyl sites for hydroxylation is 2. The molecule has 2 heterocycles. The fourth-order valence-electron chi connectivity index (χ4n) is 2.10. The minimum atomic E-state index is -0.791. The van der Waals surface area contributed by atoms with Crippen LogP contribution in [0.3, 0.4) is 0 Å². The van der Waals surface area contributed by atoms with Gasteiger partial charge in [0.2, 0.25) is 5.95 Å². The molecule has 0 spiro atoms. The number of anilines is 1. The highest BCUT2D eigenvalue weighted by Gasteiger charge is 2.32. The molecule has 1 aromatic rings. The second kappa shape index (κ2) is 4.08. The Kier molecular flexibility index (Phi) is 2.77. The zero-order valence-electron chi connectivity index (χ0n) is 9.47. The molecule has 1 N–H and O–H groups in total. The van der Waals surface area contributed by atoms with E-state index in [0.29, 0.717) is 12.4 Å². The minimum absolute atomic E-state index is 0.471. The van der Waals surface area contributed by atoms with Crippen molar-refractivity contribution >= 4 is 11.9 Å². The van der Waals surface area contributed by atoms with Gasteiger partial charge in [-0.1, -0.05) is 0 Å². The lowest BCUT2D eigenvalue weighted by Crippen LogP contribution is -2.37. The maximum atomic E-state index is 11.1. The summed E-state index contributed by atoms with van der Waals surface area (Å²) in [5, 5.41) is 9.09. The predicted octanol–water partition coefficient (Wildman–Crippen LogP) is 1.15. The molecule has 1 aliphatic heterocycles. The van der Waals surface area contributed by atoms with Crippen LogP contribution in [0.25, 0.3) is 0 Å². The van der Waals surface area contributed by atoms with Gasteiger partial charge in [-0.2, -0.15) is 0 Å². The molecule has 1 aromatic heterocycles. The van der Waals surface area contributed by atoms with Crippen LogP contribution in [-0.2, 0) is 4.79 Å². The maximum absolute atomic E-state index is 11.1. The van der Waals surface area contributed by atoms with E-state index in [1.807, 2.05) is 19.9 Å². The molecule has 0 aromatic carbocycles. The quantitative estimate of drug-likeness (QED) is 0.811. The fourth-order valence-corrected chi connectivity index (χ4v) is 2.10. The van der Waals surface area contributed by atoms with Gasteiger partial charge in [0, 0.05) is 17.9 Å². The fraction of sp³-hybridized carbons (Fsp3) is 0.545. The van der Waals surface area contributed by atoms with Crippen LogP contribution in [0.1, 0.15) is 24.2 Å². The van der Waals surface area contributed by atoms with Gasteiger partial charge < -0.3 is 10.0 Å². The van der Waals surface area contributed by atoms with E-state index in [1.165, 1.54) is 0 Å². The van der Waals surface area contributed by atoms with Crippen molar-refractivity contribution in [2.24, 2.45) is 0 Å². The summed E-state index contributed by atoms with van der Waals surface area (Å²) in [6.45, 7) is 4.51. The van der Waals surface area contributed by atoms with Gasteiger partial charge in [0.15, 0.2) is 0 Å². The Balaban J connectivity index is 2.32. The Bertz CT molecular complexity index is 399. The summed E-state index contributed by atoms with van der Waals surface area (Å²) in [6, 6.07) is 1.41. The maximum Gasteiger partial charge on any atom is 0.326 e. The van der Waals surface area contributed by atoms with Crippen molar-refractivity contribution in [3.8, 4) is 0 Å². The summed E-state index contributed by atoms with van der Waals surface area (Å²) in [4.78, 5) is 21.4. The van der Waals surface area contributed by atoms with Crippen molar-refractivity contribution in [3.63, 3.8) is 0 Å². The van der Waals surface area contributed by atoms with Gasteiger partial charge in [-0.3, -0.25) is 0 Å². The van der Waals surface area contributed by atoms with E-state index in [4.69, 9.17) is 5.11 Å². The summed E-state index contributed by atoms with van der Waals surface area (Å²) in [7, 11) is 0. The zero-order chi connectivity index (χ0) is 11.7. The summed E-state index contributed by atoms with van der Waals surface area (Å²) in [5.74, 6) is -0.248. The number of nitrogens with zero attached hydrogens (tertiary/aromatic N) is 3. The van der Waals surface area contributed by atoms with Crippen molar-refractivity contribution < 1.29 is 9.90 Å². The number of carboxylic acid groups (broad SMARTS) is 1. The third kappa shape index (κ3) is 1.98. The summed E-state index contributed by atoms with van der Waals surface area (Å²) < 4.78 is 0. The Morgan fingerprint density at radius 3 is 2.62 bits per heavy atom. The molecule has 1 aliphatic rings. The largest absolute Gasteiger partial charge is 0.480 e. The van der Waals surface area contributed by atoms with Gasteiger partial charge in [-0.15, -0.1) is 0 Å². The number of aliphatic carboxylic acids is 1. The molecule has 0 saturated carbocycles. The Hall–Kier alpha value is -1.65. The van der Waals surface area contributed by atoms with Gasteiger partial charge in [0.05, 0.1) is 0 Å². The van der Waals surface area contributed by atoms with Crippen molar-refractivity contribution in [3.05, 3.63) is 17.5 Å². The molecule has 2 rings (SSSR count). The highest BCUT2D eigenvalue weighted by atomic mass is 16.4. The highest BCUT2D eigenvalue weighted by molar-refractivity contribution is 5.78. The number of aromatic nitrogens is 2. The van der Waals surface area contributed by atoms with Crippen molar-refractivity contribution in [2.45, 2.75) is 32.7 Å². The number of carbonyl (C=O) groups is 1. The molecule has 1 saturated heterocycles. The topological polar surface area (TPSA) is 66.3 Å². The standard InChI is InChI=1S/C11H15N3O2/c1-7-6-8(2)13-11(12-7)14-5-3-4-9(14)10(15)16/h6,9H,3-5H2,1-2H3,(H,15,16). The van der Waals surface area contributed by atoms with Gasteiger partial charge in [-0.05, 0) is 32.8 Å². The molecule has 1 atom stereocenters. The molecule has 0 aliphatic carbocycles. The minimum Gasteiger partial charge on any atom is -0.480 e. The normalized spacial score (nSPS) is 20.1.